The number of rotatable bonds is 8. The molecule has 0 unspecified atom stereocenters. The lowest BCUT2D eigenvalue weighted by molar-refractivity contribution is 0.0686. The van der Waals surface area contributed by atoms with Crippen LogP contribution in [0.3, 0.4) is 0 Å². The minimum atomic E-state index is -0.999. The highest BCUT2D eigenvalue weighted by molar-refractivity contribution is 6.01. The zero-order valence-corrected chi connectivity index (χ0v) is 19.1. The van der Waals surface area contributed by atoms with Crippen LogP contribution in [0.2, 0.25) is 0 Å². The second kappa shape index (κ2) is 9.44. The predicted molar refractivity (Wildman–Crippen MR) is 138 cm³/mol. The normalized spacial score (nSPS) is 11.2. The number of aromatic carboxylic acids is 1. The minimum Gasteiger partial charge on any atom is -0.477 e. The lowest BCUT2D eigenvalue weighted by Crippen LogP contribution is -2.12. The molecule has 0 saturated heterocycles. The minimum absolute atomic E-state index is 0.0539. The Labute approximate surface area is 202 Å². The largest absolute Gasteiger partial charge is 0.477 e. The van der Waals surface area contributed by atoms with Gasteiger partial charge in [-0.2, -0.15) is 0 Å². The summed E-state index contributed by atoms with van der Waals surface area (Å²) in [6.45, 7) is 1.38. The molecular weight excluding hydrogens is 438 g/mol. The van der Waals surface area contributed by atoms with Gasteiger partial charge in [0.05, 0.1) is 13.2 Å². The smallest absolute Gasteiger partial charge is 0.352 e. The second-order valence-corrected chi connectivity index (χ2v) is 8.52. The van der Waals surface area contributed by atoms with Crippen LogP contribution in [-0.4, -0.2) is 21.5 Å². The SMILES string of the molecule is N=C(N)c1ccc2cc(C(=O)O)n(Cc3cccc4c(COCc5ccccc5)cccc34)c2c1. The van der Waals surface area contributed by atoms with Crippen molar-refractivity contribution in [1.29, 1.82) is 5.41 Å². The Morgan fingerprint density at radius 2 is 1.57 bits per heavy atom. The number of carboxylic acids is 1. The number of nitrogen functional groups attached to an aromatic ring is 1. The van der Waals surface area contributed by atoms with Crippen molar-refractivity contribution in [3.63, 3.8) is 0 Å². The Morgan fingerprint density at radius 1 is 0.857 bits per heavy atom. The van der Waals surface area contributed by atoms with Crippen LogP contribution >= 0.6 is 0 Å². The molecule has 6 heteroatoms. The van der Waals surface area contributed by atoms with Gasteiger partial charge in [-0.05, 0) is 39.6 Å². The molecule has 0 aliphatic heterocycles. The Hall–Kier alpha value is -4.42. The zero-order chi connectivity index (χ0) is 24.4. The van der Waals surface area contributed by atoms with Crippen molar-refractivity contribution in [2.75, 3.05) is 0 Å². The summed E-state index contributed by atoms with van der Waals surface area (Å²) >= 11 is 0. The number of carboxylic acid groups (broad SMARTS) is 1. The summed E-state index contributed by atoms with van der Waals surface area (Å²) in [5.41, 5.74) is 10.4. The molecule has 174 valence electrons. The number of benzene rings is 4. The lowest BCUT2D eigenvalue weighted by Gasteiger charge is -2.14. The van der Waals surface area contributed by atoms with Gasteiger partial charge in [0.1, 0.15) is 11.5 Å². The van der Waals surface area contributed by atoms with Crippen molar-refractivity contribution in [3.05, 3.63) is 119 Å². The van der Waals surface area contributed by atoms with Gasteiger partial charge in [0, 0.05) is 23.0 Å². The number of nitrogens with one attached hydrogen (secondary N) is 1. The van der Waals surface area contributed by atoms with Gasteiger partial charge in [0.2, 0.25) is 0 Å². The molecule has 4 N–H and O–H groups in total. The summed E-state index contributed by atoms with van der Waals surface area (Å²) < 4.78 is 7.76. The number of fused-ring (bicyclic) bond motifs is 2. The van der Waals surface area contributed by atoms with E-state index in [1.54, 1.807) is 28.8 Å². The number of amidine groups is 1. The zero-order valence-electron chi connectivity index (χ0n) is 19.1. The maximum absolute atomic E-state index is 12.0. The molecular formula is C29H25N3O3. The molecule has 0 amide bonds. The molecule has 0 aliphatic rings. The summed E-state index contributed by atoms with van der Waals surface area (Å²) in [6.07, 6.45) is 0. The van der Waals surface area contributed by atoms with E-state index >= 15 is 0 Å². The first-order valence-corrected chi connectivity index (χ1v) is 11.3. The van der Waals surface area contributed by atoms with E-state index in [9.17, 15) is 9.90 Å². The molecule has 0 fully saturated rings. The van der Waals surface area contributed by atoms with Crippen molar-refractivity contribution in [2.45, 2.75) is 19.8 Å². The fourth-order valence-corrected chi connectivity index (χ4v) is 4.50. The van der Waals surface area contributed by atoms with Crippen LogP contribution in [0, 0.1) is 5.41 Å². The Balaban J connectivity index is 1.51. The standard InChI is InChI=1S/C29H25N3O3/c30-28(31)21-13-12-20-14-27(29(33)34)32(26(20)15-21)16-22-8-4-11-25-23(9-5-10-24(22)25)18-35-17-19-6-2-1-3-7-19/h1-15H,16-18H2,(H3,30,31)(H,33,34). The van der Waals surface area contributed by atoms with E-state index in [2.05, 4.69) is 18.2 Å². The number of ether oxygens (including phenoxy) is 1. The Bertz CT molecular complexity index is 1550. The summed E-state index contributed by atoms with van der Waals surface area (Å²) in [6, 6.07) is 29.2. The van der Waals surface area contributed by atoms with Crippen molar-refractivity contribution >= 4 is 33.5 Å². The first kappa shape index (κ1) is 22.4. The summed E-state index contributed by atoms with van der Waals surface area (Å²) in [4.78, 5) is 12.0. The van der Waals surface area contributed by atoms with Crippen LogP contribution < -0.4 is 5.73 Å². The molecule has 0 bridgehead atoms. The molecule has 1 aromatic heterocycles. The highest BCUT2D eigenvalue weighted by Crippen LogP contribution is 2.28. The fourth-order valence-electron chi connectivity index (χ4n) is 4.50. The third-order valence-electron chi connectivity index (χ3n) is 6.23. The van der Waals surface area contributed by atoms with E-state index in [0.717, 1.165) is 38.4 Å². The molecule has 0 radical (unpaired) electrons. The van der Waals surface area contributed by atoms with E-state index in [1.807, 2.05) is 48.5 Å². The van der Waals surface area contributed by atoms with Crippen molar-refractivity contribution < 1.29 is 14.6 Å². The molecule has 35 heavy (non-hydrogen) atoms. The fraction of sp³-hybridized carbons (Fsp3) is 0.103. The summed E-state index contributed by atoms with van der Waals surface area (Å²) in [5, 5.41) is 20.6. The van der Waals surface area contributed by atoms with Crippen molar-refractivity contribution in [2.24, 2.45) is 5.73 Å². The summed E-state index contributed by atoms with van der Waals surface area (Å²) in [5.74, 6) is -1.05. The molecule has 0 atom stereocenters. The van der Waals surface area contributed by atoms with Gasteiger partial charge in [0.25, 0.3) is 0 Å². The number of nitrogens with two attached hydrogens (primary N) is 1. The van der Waals surface area contributed by atoms with E-state index < -0.39 is 5.97 Å². The number of carbonyl (C=O) groups is 1. The van der Waals surface area contributed by atoms with E-state index in [-0.39, 0.29) is 11.5 Å². The van der Waals surface area contributed by atoms with Crippen molar-refractivity contribution in [3.8, 4) is 0 Å². The number of aromatic nitrogens is 1. The third-order valence-corrected chi connectivity index (χ3v) is 6.23. The Morgan fingerprint density at radius 3 is 2.29 bits per heavy atom. The monoisotopic (exact) mass is 463 g/mol. The van der Waals surface area contributed by atoms with E-state index in [1.165, 1.54) is 0 Å². The van der Waals surface area contributed by atoms with E-state index in [0.29, 0.717) is 25.3 Å². The van der Waals surface area contributed by atoms with Gasteiger partial charge in [0.15, 0.2) is 0 Å². The topological polar surface area (TPSA) is 101 Å². The quantitative estimate of drug-likeness (QED) is 0.208. The van der Waals surface area contributed by atoms with Crippen LogP contribution in [0.1, 0.15) is 32.7 Å². The average Bonchev–Trinajstić information content (AvgIpc) is 3.23. The number of hydrogen-bond acceptors (Lipinski definition) is 3. The first-order valence-electron chi connectivity index (χ1n) is 11.3. The molecule has 5 aromatic rings. The lowest BCUT2D eigenvalue weighted by atomic mass is 10.00. The first-order chi connectivity index (χ1) is 17.0. The van der Waals surface area contributed by atoms with Gasteiger partial charge in [-0.25, -0.2) is 4.79 Å². The van der Waals surface area contributed by atoms with Gasteiger partial charge in [-0.15, -0.1) is 0 Å². The van der Waals surface area contributed by atoms with Crippen LogP contribution in [0.15, 0.2) is 91.0 Å². The molecule has 6 nitrogen and oxygen atoms in total. The molecule has 1 heterocycles. The van der Waals surface area contributed by atoms with E-state index in [4.69, 9.17) is 15.9 Å². The van der Waals surface area contributed by atoms with Crippen LogP contribution in [-0.2, 0) is 24.5 Å². The van der Waals surface area contributed by atoms with Gasteiger partial charge < -0.3 is 20.1 Å². The molecule has 0 aliphatic carbocycles. The maximum atomic E-state index is 12.0. The average molecular weight is 464 g/mol. The summed E-state index contributed by atoms with van der Waals surface area (Å²) in [7, 11) is 0. The molecule has 5 rings (SSSR count). The number of hydrogen-bond donors (Lipinski definition) is 3. The second-order valence-electron chi connectivity index (χ2n) is 8.52. The maximum Gasteiger partial charge on any atom is 0.352 e. The predicted octanol–water partition coefficient (Wildman–Crippen LogP) is 5.54. The van der Waals surface area contributed by atoms with Crippen LogP contribution in [0.4, 0.5) is 0 Å². The highest BCUT2D eigenvalue weighted by atomic mass is 16.5. The molecule has 4 aromatic carbocycles. The van der Waals surface area contributed by atoms with Gasteiger partial charge >= 0.3 is 5.97 Å². The van der Waals surface area contributed by atoms with Crippen molar-refractivity contribution in [1.82, 2.24) is 4.57 Å². The van der Waals surface area contributed by atoms with Crippen LogP contribution in [0.5, 0.6) is 0 Å². The third kappa shape index (κ3) is 4.52. The van der Waals surface area contributed by atoms with Gasteiger partial charge in [-0.3, -0.25) is 5.41 Å². The highest BCUT2D eigenvalue weighted by Gasteiger charge is 2.17. The Kier molecular flexibility index (Phi) is 6.04. The molecule has 0 saturated carbocycles. The molecule has 0 spiro atoms. The van der Waals surface area contributed by atoms with Crippen LogP contribution in [0.25, 0.3) is 21.7 Å². The number of nitrogens with zero attached hydrogens (tertiary/aromatic N) is 1. The van der Waals surface area contributed by atoms with Gasteiger partial charge in [-0.1, -0.05) is 78.9 Å².